The normalized spacial score (nSPS) is 11.2. The van der Waals surface area contributed by atoms with E-state index < -0.39 is 0 Å². The average molecular weight is 534 g/mol. The third-order valence-electron chi connectivity index (χ3n) is 5.83. The first kappa shape index (κ1) is 29.1. The average Bonchev–Trinajstić information content (AvgIpc) is 3.40. The van der Waals surface area contributed by atoms with Gasteiger partial charge in [0.1, 0.15) is 17.1 Å². The minimum absolute atomic E-state index is 0.116. The van der Waals surface area contributed by atoms with Crippen molar-refractivity contribution in [1.29, 1.82) is 0 Å². The van der Waals surface area contributed by atoms with Crippen LogP contribution in [0.2, 0.25) is 0 Å². The number of benzene rings is 2. The summed E-state index contributed by atoms with van der Waals surface area (Å²) in [6.07, 6.45) is 5.89. The summed E-state index contributed by atoms with van der Waals surface area (Å²) < 4.78 is 7.76. The van der Waals surface area contributed by atoms with Crippen LogP contribution in [0.4, 0.5) is 34.6 Å². The van der Waals surface area contributed by atoms with Crippen molar-refractivity contribution in [3.8, 4) is 0 Å². The molecule has 0 fully saturated rings. The summed E-state index contributed by atoms with van der Waals surface area (Å²) in [5.41, 5.74) is 10.2. The van der Waals surface area contributed by atoms with Gasteiger partial charge in [0.05, 0.1) is 53.4 Å². The standard InChI is InChI=1S/C14H19N5O.C13H18N6/c1-11-10-18(2)14(19(11)3)17-16-13-6-4-12(5-7-13)15-8-9-20;1-18-9-10-19(2)13(18)17-16-12-5-3-11(4-6-12)15-8-7-14/h4-7,10,20H,8-9H2,1-3H3;3-6,9-10H,7-8,14H2,1-2H3/p+2. The van der Waals surface area contributed by atoms with Gasteiger partial charge in [-0.15, -0.1) is 0 Å². The minimum Gasteiger partial charge on any atom is -0.395 e. The van der Waals surface area contributed by atoms with Crippen LogP contribution in [0.5, 0.6) is 0 Å². The van der Waals surface area contributed by atoms with Crippen LogP contribution in [-0.4, -0.2) is 40.5 Å². The molecular weight excluding hydrogens is 494 g/mol. The van der Waals surface area contributed by atoms with Gasteiger partial charge in [-0.1, -0.05) is 10.2 Å². The van der Waals surface area contributed by atoms with Gasteiger partial charge in [0, 0.05) is 41.2 Å². The molecule has 12 heteroatoms. The first-order chi connectivity index (χ1) is 18.8. The van der Waals surface area contributed by atoms with Gasteiger partial charge in [-0.05, 0) is 55.5 Å². The second-order valence-electron chi connectivity index (χ2n) is 8.92. The molecule has 0 spiro atoms. The van der Waals surface area contributed by atoms with Gasteiger partial charge in [-0.2, -0.15) is 0 Å². The summed E-state index contributed by atoms with van der Waals surface area (Å²) in [6.45, 7) is 4.07. The predicted octanol–water partition coefficient (Wildman–Crippen LogP) is 3.61. The molecule has 2 aromatic carbocycles. The number of aliphatic hydroxyl groups excluding tert-OH is 1. The zero-order valence-corrected chi connectivity index (χ0v) is 23.3. The fourth-order valence-electron chi connectivity index (χ4n) is 3.59. The molecule has 2 aromatic heterocycles. The molecule has 0 unspecified atom stereocenters. The summed E-state index contributed by atoms with van der Waals surface area (Å²) >= 11 is 0. The van der Waals surface area contributed by atoms with Crippen molar-refractivity contribution in [2.24, 2.45) is 54.4 Å². The second-order valence-corrected chi connectivity index (χ2v) is 8.92. The Labute approximate surface area is 229 Å². The van der Waals surface area contributed by atoms with Crippen molar-refractivity contribution < 1.29 is 14.2 Å². The number of rotatable bonds is 10. The first-order valence-electron chi connectivity index (χ1n) is 12.7. The molecule has 4 aromatic rings. The van der Waals surface area contributed by atoms with Crippen LogP contribution in [0.1, 0.15) is 5.69 Å². The third kappa shape index (κ3) is 8.55. The molecule has 0 atom stereocenters. The molecule has 206 valence electrons. The van der Waals surface area contributed by atoms with Gasteiger partial charge in [-0.3, -0.25) is 0 Å². The van der Waals surface area contributed by atoms with Crippen molar-refractivity contribution in [3.05, 3.63) is 72.8 Å². The Hall–Kier alpha value is -4.42. The summed E-state index contributed by atoms with van der Waals surface area (Å²) in [7, 11) is 7.79. The molecule has 0 aliphatic carbocycles. The van der Waals surface area contributed by atoms with Crippen LogP contribution in [-0.2, 0) is 28.2 Å². The van der Waals surface area contributed by atoms with Gasteiger partial charge >= 0.3 is 11.9 Å². The summed E-state index contributed by atoms with van der Waals surface area (Å²) in [5, 5.41) is 32.0. The zero-order chi connectivity index (χ0) is 28.2. The van der Waals surface area contributed by atoms with E-state index in [1.165, 1.54) is 0 Å². The molecule has 5 N–H and O–H groups in total. The van der Waals surface area contributed by atoms with Crippen molar-refractivity contribution in [1.82, 2.24) is 9.13 Å². The van der Waals surface area contributed by atoms with E-state index in [9.17, 15) is 0 Å². The summed E-state index contributed by atoms with van der Waals surface area (Å²) in [4.78, 5) is 0. The van der Waals surface area contributed by atoms with E-state index in [2.05, 4.69) is 31.1 Å². The number of imidazole rings is 2. The highest BCUT2D eigenvalue weighted by molar-refractivity contribution is 5.51. The van der Waals surface area contributed by atoms with Crippen LogP contribution >= 0.6 is 0 Å². The highest BCUT2D eigenvalue weighted by Gasteiger charge is 2.14. The van der Waals surface area contributed by atoms with Gasteiger partial charge < -0.3 is 21.5 Å². The van der Waals surface area contributed by atoms with E-state index in [4.69, 9.17) is 10.8 Å². The van der Waals surface area contributed by atoms with Gasteiger partial charge in [0.2, 0.25) is 0 Å². The molecule has 39 heavy (non-hydrogen) atoms. The number of anilines is 2. The Balaban J connectivity index is 0.000000216. The zero-order valence-electron chi connectivity index (χ0n) is 23.3. The second kappa shape index (κ2) is 14.5. The monoisotopic (exact) mass is 533 g/mol. The van der Waals surface area contributed by atoms with Crippen molar-refractivity contribution >= 4 is 34.6 Å². The van der Waals surface area contributed by atoms with Gasteiger partial charge in [0.15, 0.2) is 0 Å². The Morgan fingerprint density at radius 3 is 1.77 bits per heavy atom. The number of hydrogen-bond acceptors (Lipinski definition) is 8. The molecular formula is C27H39N11O+2. The van der Waals surface area contributed by atoms with E-state index in [-0.39, 0.29) is 6.61 Å². The molecule has 0 amide bonds. The lowest BCUT2D eigenvalue weighted by atomic mass is 10.3. The number of nitrogens with one attached hydrogen (secondary N) is 2. The lowest BCUT2D eigenvalue weighted by Crippen LogP contribution is -2.25. The first-order valence-corrected chi connectivity index (χ1v) is 12.7. The molecule has 0 aliphatic rings. The largest absolute Gasteiger partial charge is 0.421 e. The van der Waals surface area contributed by atoms with E-state index >= 15 is 0 Å². The Kier molecular flexibility index (Phi) is 10.8. The maximum atomic E-state index is 8.75. The third-order valence-corrected chi connectivity index (χ3v) is 5.83. The Bertz CT molecular complexity index is 1350. The van der Waals surface area contributed by atoms with Gasteiger partial charge in [-0.25, -0.2) is 18.3 Å². The molecule has 0 radical (unpaired) electrons. The van der Waals surface area contributed by atoms with Crippen LogP contribution in [0.25, 0.3) is 0 Å². The summed E-state index contributed by atoms with van der Waals surface area (Å²) in [5.74, 6) is 1.59. The van der Waals surface area contributed by atoms with Crippen molar-refractivity contribution in [3.63, 3.8) is 0 Å². The SMILES string of the molecule is Cc1c[n+](C)c(N=Nc2ccc(NCCO)cc2)n1C.Cn1cc[n+](C)c1N=Nc1ccc(NCCN)cc1. The number of aromatic nitrogens is 4. The Morgan fingerprint density at radius 1 is 0.795 bits per heavy atom. The molecule has 12 nitrogen and oxygen atoms in total. The molecule has 0 aliphatic heterocycles. The summed E-state index contributed by atoms with van der Waals surface area (Å²) in [6, 6.07) is 15.4. The highest BCUT2D eigenvalue weighted by Crippen LogP contribution is 2.20. The molecule has 4 rings (SSSR count). The minimum atomic E-state index is 0.116. The number of aliphatic hydroxyl groups is 1. The van der Waals surface area contributed by atoms with Crippen LogP contribution < -0.4 is 25.5 Å². The lowest BCUT2D eigenvalue weighted by Gasteiger charge is -2.03. The maximum absolute atomic E-state index is 8.75. The van der Waals surface area contributed by atoms with Crippen molar-refractivity contribution in [2.75, 3.05) is 36.9 Å². The maximum Gasteiger partial charge on any atom is 0.421 e. The smallest absolute Gasteiger partial charge is 0.395 e. The highest BCUT2D eigenvalue weighted by atomic mass is 16.3. The topological polar surface area (TPSA) is 137 Å². The van der Waals surface area contributed by atoms with E-state index in [1.807, 2.05) is 121 Å². The van der Waals surface area contributed by atoms with Gasteiger partial charge in [0.25, 0.3) is 0 Å². The Morgan fingerprint density at radius 2 is 1.33 bits per heavy atom. The van der Waals surface area contributed by atoms with E-state index in [0.717, 1.165) is 46.9 Å². The van der Waals surface area contributed by atoms with E-state index in [0.29, 0.717) is 13.1 Å². The quantitative estimate of drug-likeness (QED) is 0.183. The molecule has 0 bridgehead atoms. The van der Waals surface area contributed by atoms with Crippen LogP contribution in [0, 0.1) is 6.92 Å². The number of nitrogens with two attached hydrogens (primary N) is 1. The predicted molar refractivity (Wildman–Crippen MR) is 152 cm³/mol. The molecule has 0 saturated heterocycles. The van der Waals surface area contributed by atoms with E-state index in [1.54, 1.807) is 0 Å². The number of azo groups is 2. The fourth-order valence-corrected chi connectivity index (χ4v) is 3.59. The van der Waals surface area contributed by atoms with Crippen LogP contribution in [0.3, 0.4) is 0 Å². The number of hydrogen-bond donors (Lipinski definition) is 4. The van der Waals surface area contributed by atoms with Crippen LogP contribution in [0.15, 0.2) is 87.6 Å². The lowest BCUT2D eigenvalue weighted by molar-refractivity contribution is -0.657. The fraction of sp³-hybridized carbons (Fsp3) is 0.333. The van der Waals surface area contributed by atoms with Crippen molar-refractivity contribution in [2.45, 2.75) is 6.92 Å². The number of nitrogens with zero attached hydrogens (tertiary/aromatic N) is 8. The molecule has 0 saturated carbocycles. The number of aryl methyl sites for hydroxylation is 4. The molecule has 2 heterocycles.